The second kappa shape index (κ2) is 6.57. The Morgan fingerprint density at radius 2 is 1.73 bits per heavy atom. The number of nitrogens with zero attached hydrogens (tertiary/aromatic N) is 2. The minimum atomic E-state index is -3.60. The topological polar surface area (TPSA) is 69.7 Å². The number of benzene rings is 2. The van der Waals surface area contributed by atoms with E-state index in [1.807, 2.05) is 18.2 Å². The number of carbonyl (C=O) groups is 1. The maximum Gasteiger partial charge on any atom is 0.244 e. The number of rotatable bonds is 3. The highest BCUT2D eigenvalue weighted by molar-refractivity contribution is 7.89. The standard InChI is InChI=1S/C18H18ClN3O3S/c19-15-3-1-2-4-17(15)26(24,25)22-9-7-21(8-10-22)14-5-6-16-13(11-14)12-18(23)20-16/h1-6,11H,7-10,12H2,(H,20,23). The third-order valence-electron chi connectivity index (χ3n) is 4.77. The van der Waals surface area contributed by atoms with Gasteiger partial charge in [0.15, 0.2) is 0 Å². The second-order valence-electron chi connectivity index (χ2n) is 6.39. The van der Waals surface area contributed by atoms with Crippen molar-refractivity contribution in [1.82, 2.24) is 4.31 Å². The van der Waals surface area contributed by atoms with Gasteiger partial charge in [-0.3, -0.25) is 4.79 Å². The summed E-state index contributed by atoms with van der Waals surface area (Å²) in [5.74, 6) is 0.00722. The number of halogens is 1. The molecule has 2 aliphatic heterocycles. The first-order chi connectivity index (χ1) is 12.4. The van der Waals surface area contributed by atoms with E-state index in [4.69, 9.17) is 11.6 Å². The Balaban J connectivity index is 1.49. The molecule has 2 aromatic rings. The Kier molecular flexibility index (Phi) is 4.38. The predicted molar refractivity (Wildman–Crippen MR) is 101 cm³/mol. The monoisotopic (exact) mass is 391 g/mol. The van der Waals surface area contributed by atoms with Crippen molar-refractivity contribution in [3.05, 3.63) is 53.1 Å². The fourth-order valence-electron chi connectivity index (χ4n) is 3.39. The van der Waals surface area contributed by atoms with Gasteiger partial charge in [-0.2, -0.15) is 4.31 Å². The number of piperazine rings is 1. The molecule has 0 unspecified atom stereocenters. The van der Waals surface area contributed by atoms with Crippen molar-refractivity contribution in [2.75, 3.05) is 36.4 Å². The van der Waals surface area contributed by atoms with E-state index in [1.54, 1.807) is 18.2 Å². The van der Waals surface area contributed by atoms with Gasteiger partial charge in [0.25, 0.3) is 0 Å². The Bertz CT molecular complexity index is 969. The average Bonchev–Trinajstić information content (AvgIpc) is 3.01. The highest BCUT2D eigenvalue weighted by Crippen LogP contribution is 2.30. The molecule has 1 fully saturated rings. The predicted octanol–water partition coefficient (Wildman–Crippen LogP) is 2.35. The molecule has 136 valence electrons. The lowest BCUT2D eigenvalue weighted by molar-refractivity contribution is -0.115. The molecule has 8 heteroatoms. The number of fused-ring (bicyclic) bond motifs is 1. The van der Waals surface area contributed by atoms with Crippen molar-refractivity contribution in [2.24, 2.45) is 0 Å². The molecule has 6 nitrogen and oxygen atoms in total. The quantitative estimate of drug-likeness (QED) is 0.871. The minimum Gasteiger partial charge on any atom is -0.369 e. The van der Waals surface area contributed by atoms with Crippen molar-refractivity contribution in [1.29, 1.82) is 0 Å². The first kappa shape index (κ1) is 17.3. The first-order valence-corrected chi connectivity index (χ1v) is 10.2. The van der Waals surface area contributed by atoms with Crippen LogP contribution in [0.1, 0.15) is 5.56 Å². The number of carbonyl (C=O) groups excluding carboxylic acids is 1. The number of hydrogen-bond acceptors (Lipinski definition) is 4. The molecular weight excluding hydrogens is 374 g/mol. The van der Waals surface area contributed by atoms with Gasteiger partial charge in [-0.25, -0.2) is 8.42 Å². The van der Waals surface area contributed by atoms with E-state index in [2.05, 4.69) is 10.2 Å². The molecular formula is C18H18ClN3O3S. The molecule has 0 spiro atoms. The number of amides is 1. The molecule has 2 heterocycles. The highest BCUT2D eigenvalue weighted by Gasteiger charge is 2.30. The van der Waals surface area contributed by atoms with Crippen LogP contribution in [0.2, 0.25) is 5.02 Å². The van der Waals surface area contributed by atoms with Crippen LogP contribution in [0.25, 0.3) is 0 Å². The smallest absolute Gasteiger partial charge is 0.244 e. The molecule has 0 aromatic heterocycles. The van der Waals surface area contributed by atoms with Gasteiger partial charge >= 0.3 is 0 Å². The van der Waals surface area contributed by atoms with Crippen molar-refractivity contribution >= 4 is 38.9 Å². The van der Waals surface area contributed by atoms with Gasteiger partial charge in [-0.05, 0) is 35.9 Å². The van der Waals surface area contributed by atoms with Gasteiger partial charge in [0.1, 0.15) is 4.90 Å². The number of anilines is 2. The zero-order valence-electron chi connectivity index (χ0n) is 14.0. The molecule has 0 radical (unpaired) electrons. The summed E-state index contributed by atoms with van der Waals surface area (Å²) in [5, 5.41) is 3.06. The molecule has 1 N–H and O–H groups in total. The average molecular weight is 392 g/mol. The van der Waals surface area contributed by atoms with Crippen molar-refractivity contribution in [3.63, 3.8) is 0 Å². The maximum absolute atomic E-state index is 12.8. The zero-order valence-corrected chi connectivity index (χ0v) is 15.6. The lowest BCUT2D eigenvalue weighted by atomic mass is 10.1. The number of hydrogen-bond donors (Lipinski definition) is 1. The van der Waals surface area contributed by atoms with Crippen molar-refractivity contribution < 1.29 is 13.2 Å². The van der Waals surface area contributed by atoms with Crippen LogP contribution in [0.15, 0.2) is 47.4 Å². The summed E-state index contributed by atoms with van der Waals surface area (Å²) in [6.45, 7) is 1.96. The van der Waals surface area contributed by atoms with E-state index in [9.17, 15) is 13.2 Å². The lowest BCUT2D eigenvalue weighted by Gasteiger charge is -2.35. The van der Waals surface area contributed by atoms with Crippen LogP contribution in [0, 0.1) is 0 Å². The largest absolute Gasteiger partial charge is 0.369 e. The summed E-state index contributed by atoms with van der Waals surface area (Å²) < 4.78 is 27.1. The summed E-state index contributed by atoms with van der Waals surface area (Å²) >= 11 is 6.07. The molecule has 0 atom stereocenters. The van der Waals surface area contributed by atoms with E-state index in [-0.39, 0.29) is 15.8 Å². The molecule has 0 bridgehead atoms. The Hall–Kier alpha value is -2.09. The van der Waals surface area contributed by atoms with Gasteiger partial charge in [0.2, 0.25) is 15.9 Å². The normalized spacial score (nSPS) is 17.9. The van der Waals surface area contributed by atoms with Gasteiger partial charge < -0.3 is 10.2 Å². The number of nitrogens with one attached hydrogen (secondary N) is 1. The summed E-state index contributed by atoms with van der Waals surface area (Å²) in [5.41, 5.74) is 2.85. The van der Waals surface area contributed by atoms with E-state index in [0.29, 0.717) is 32.6 Å². The minimum absolute atomic E-state index is 0.00722. The van der Waals surface area contributed by atoms with E-state index in [0.717, 1.165) is 16.9 Å². The van der Waals surface area contributed by atoms with Gasteiger partial charge in [-0.15, -0.1) is 0 Å². The second-order valence-corrected chi connectivity index (χ2v) is 8.70. The third-order valence-corrected chi connectivity index (χ3v) is 7.17. The Morgan fingerprint density at radius 3 is 2.46 bits per heavy atom. The molecule has 1 amide bonds. The lowest BCUT2D eigenvalue weighted by Crippen LogP contribution is -2.48. The van der Waals surface area contributed by atoms with E-state index >= 15 is 0 Å². The first-order valence-electron chi connectivity index (χ1n) is 8.37. The van der Waals surface area contributed by atoms with Crippen molar-refractivity contribution in [3.8, 4) is 0 Å². The summed E-state index contributed by atoms with van der Waals surface area (Å²) in [6, 6.07) is 12.4. The molecule has 0 saturated carbocycles. The van der Waals surface area contributed by atoms with Crippen LogP contribution in [0.5, 0.6) is 0 Å². The van der Waals surface area contributed by atoms with Gasteiger partial charge in [0.05, 0.1) is 11.4 Å². The number of sulfonamides is 1. The van der Waals surface area contributed by atoms with Crippen LogP contribution in [-0.2, 0) is 21.2 Å². The van der Waals surface area contributed by atoms with Gasteiger partial charge in [-0.1, -0.05) is 23.7 Å². The third kappa shape index (κ3) is 3.06. The van der Waals surface area contributed by atoms with Crippen LogP contribution < -0.4 is 10.2 Å². The summed E-state index contributed by atoms with van der Waals surface area (Å²) in [4.78, 5) is 13.8. The van der Waals surface area contributed by atoms with Crippen LogP contribution in [0.3, 0.4) is 0 Å². The van der Waals surface area contributed by atoms with Crippen LogP contribution in [-0.4, -0.2) is 44.8 Å². The molecule has 1 saturated heterocycles. The SMILES string of the molecule is O=C1Cc2cc(N3CCN(S(=O)(=O)c4ccccc4Cl)CC3)ccc2N1. The van der Waals surface area contributed by atoms with Crippen molar-refractivity contribution in [2.45, 2.75) is 11.3 Å². The van der Waals surface area contributed by atoms with Crippen LogP contribution >= 0.6 is 11.6 Å². The Morgan fingerprint density at radius 1 is 1.00 bits per heavy atom. The fourth-order valence-corrected chi connectivity index (χ4v) is 5.31. The summed E-state index contributed by atoms with van der Waals surface area (Å²) in [6.07, 6.45) is 0.393. The van der Waals surface area contributed by atoms with E-state index < -0.39 is 10.0 Å². The van der Waals surface area contributed by atoms with Crippen LogP contribution in [0.4, 0.5) is 11.4 Å². The zero-order chi connectivity index (χ0) is 18.3. The van der Waals surface area contributed by atoms with Gasteiger partial charge in [0, 0.05) is 37.6 Å². The molecule has 2 aromatic carbocycles. The highest BCUT2D eigenvalue weighted by atomic mass is 35.5. The molecule has 4 rings (SSSR count). The maximum atomic E-state index is 12.8. The molecule has 26 heavy (non-hydrogen) atoms. The fraction of sp³-hybridized carbons (Fsp3) is 0.278. The van der Waals surface area contributed by atoms with E-state index in [1.165, 1.54) is 10.4 Å². The Labute approximate surface area is 157 Å². The summed E-state index contributed by atoms with van der Waals surface area (Å²) in [7, 11) is -3.60. The molecule has 0 aliphatic carbocycles. The molecule has 2 aliphatic rings.